The van der Waals surface area contributed by atoms with Gasteiger partial charge in [0.2, 0.25) is 11.6 Å². The number of carbonyl (C=O) groups is 2. The third kappa shape index (κ3) is 1.72. The van der Waals surface area contributed by atoms with Crippen LogP contribution >= 0.6 is 0 Å². The molecule has 0 aromatic heterocycles. The lowest BCUT2D eigenvalue weighted by molar-refractivity contribution is -0.488. The molecule has 0 spiro atoms. The van der Waals surface area contributed by atoms with E-state index in [-0.39, 0.29) is 11.1 Å². The van der Waals surface area contributed by atoms with Crippen molar-refractivity contribution in [1.29, 1.82) is 0 Å². The minimum Gasteiger partial charge on any atom is -0.286 e. The molecule has 2 aromatic carbocycles. The summed E-state index contributed by atoms with van der Waals surface area (Å²) in [6.07, 6.45) is 0. The van der Waals surface area contributed by atoms with Gasteiger partial charge in [-0.25, -0.2) is 0 Å². The SMILES string of the molecule is O=C1c2ccc(-c3ccccc3)cc2C(=O)C1[N+](=O)[O-]. The average Bonchev–Trinajstić information content (AvgIpc) is 2.71. The molecule has 1 aliphatic carbocycles. The Bertz CT molecular complexity index is 737. The third-order valence-electron chi connectivity index (χ3n) is 3.37. The molecule has 0 heterocycles. The topological polar surface area (TPSA) is 77.3 Å². The van der Waals surface area contributed by atoms with Crippen molar-refractivity contribution in [2.75, 3.05) is 0 Å². The zero-order valence-corrected chi connectivity index (χ0v) is 10.3. The van der Waals surface area contributed by atoms with Gasteiger partial charge in [0.25, 0.3) is 0 Å². The molecule has 0 saturated heterocycles. The van der Waals surface area contributed by atoms with Crippen LogP contribution in [0.4, 0.5) is 0 Å². The van der Waals surface area contributed by atoms with Crippen LogP contribution < -0.4 is 0 Å². The number of rotatable bonds is 2. The van der Waals surface area contributed by atoms with Gasteiger partial charge in [0, 0.05) is 16.1 Å². The van der Waals surface area contributed by atoms with Gasteiger partial charge >= 0.3 is 6.04 Å². The minimum atomic E-state index is -1.78. The zero-order chi connectivity index (χ0) is 14.3. The van der Waals surface area contributed by atoms with Crippen LogP contribution in [0, 0.1) is 10.1 Å². The van der Waals surface area contributed by atoms with Gasteiger partial charge in [0.15, 0.2) is 0 Å². The van der Waals surface area contributed by atoms with Crippen LogP contribution in [0.5, 0.6) is 0 Å². The summed E-state index contributed by atoms with van der Waals surface area (Å²) in [6, 6.07) is 12.3. The summed E-state index contributed by atoms with van der Waals surface area (Å²) >= 11 is 0. The van der Waals surface area contributed by atoms with Gasteiger partial charge < -0.3 is 0 Å². The van der Waals surface area contributed by atoms with E-state index in [1.807, 2.05) is 30.3 Å². The first-order chi connectivity index (χ1) is 9.59. The number of ketones is 2. The van der Waals surface area contributed by atoms with Crippen LogP contribution in [0.25, 0.3) is 11.1 Å². The Morgan fingerprint density at radius 1 is 0.850 bits per heavy atom. The van der Waals surface area contributed by atoms with E-state index >= 15 is 0 Å². The van der Waals surface area contributed by atoms with E-state index in [1.165, 1.54) is 6.07 Å². The van der Waals surface area contributed by atoms with Crippen molar-refractivity contribution in [3.8, 4) is 11.1 Å². The molecule has 0 bridgehead atoms. The standard InChI is InChI=1S/C15H9NO4/c17-14-11-7-6-10(9-4-2-1-3-5-9)8-12(11)15(18)13(14)16(19)20/h1-8,13H. The highest BCUT2D eigenvalue weighted by Crippen LogP contribution is 2.29. The summed E-state index contributed by atoms with van der Waals surface area (Å²) in [6.45, 7) is 0. The summed E-state index contributed by atoms with van der Waals surface area (Å²) in [7, 11) is 0. The van der Waals surface area contributed by atoms with Crippen molar-refractivity contribution in [1.82, 2.24) is 0 Å². The number of nitro groups is 1. The summed E-state index contributed by atoms with van der Waals surface area (Å²) in [4.78, 5) is 33.8. The van der Waals surface area contributed by atoms with Crippen LogP contribution in [0.2, 0.25) is 0 Å². The molecule has 20 heavy (non-hydrogen) atoms. The molecule has 5 heteroatoms. The average molecular weight is 267 g/mol. The quantitative estimate of drug-likeness (QED) is 0.475. The van der Waals surface area contributed by atoms with Crippen LogP contribution in [-0.2, 0) is 0 Å². The lowest BCUT2D eigenvalue weighted by Crippen LogP contribution is -2.31. The van der Waals surface area contributed by atoms with Crippen LogP contribution in [0.15, 0.2) is 48.5 Å². The summed E-state index contributed by atoms with van der Waals surface area (Å²) in [5, 5.41) is 10.8. The van der Waals surface area contributed by atoms with Gasteiger partial charge in [-0.1, -0.05) is 36.4 Å². The van der Waals surface area contributed by atoms with Crippen molar-refractivity contribution in [2.24, 2.45) is 0 Å². The van der Waals surface area contributed by atoms with Crippen LogP contribution in [-0.4, -0.2) is 22.5 Å². The highest BCUT2D eigenvalue weighted by molar-refractivity contribution is 6.28. The molecule has 2 aromatic rings. The first-order valence-corrected chi connectivity index (χ1v) is 6.01. The highest BCUT2D eigenvalue weighted by atomic mass is 16.6. The molecule has 0 amide bonds. The van der Waals surface area contributed by atoms with Gasteiger partial charge in [-0.15, -0.1) is 0 Å². The summed E-state index contributed by atoms with van der Waals surface area (Å²) in [5.41, 5.74) is 1.92. The van der Waals surface area contributed by atoms with Crippen molar-refractivity contribution in [3.05, 3.63) is 69.8 Å². The second-order valence-electron chi connectivity index (χ2n) is 4.54. The van der Waals surface area contributed by atoms with Crippen molar-refractivity contribution in [2.45, 2.75) is 6.04 Å². The lowest BCUT2D eigenvalue weighted by Gasteiger charge is -2.03. The maximum atomic E-state index is 12.0. The first kappa shape index (κ1) is 12.2. The molecule has 3 rings (SSSR count). The van der Waals surface area contributed by atoms with Crippen LogP contribution in [0.3, 0.4) is 0 Å². The Morgan fingerprint density at radius 2 is 1.50 bits per heavy atom. The molecule has 0 fully saturated rings. The molecular weight excluding hydrogens is 258 g/mol. The molecular formula is C15H9NO4. The number of nitrogens with zero attached hydrogens (tertiary/aromatic N) is 1. The van der Waals surface area contributed by atoms with Gasteiger partial charge in [-0.3, -0.25) is 19.7 Å². The Balaban J connectivity index is 2.11. The molecule has 98 valence electrons. The van der Waals surface area contributed by atoms with Crippen molar-refractivity contribution < 1.29 is 14.5 Å². The van der Waals surface area contributed by atoms with Crippen molar-refractivity contribution in [3.63, 3.8) is 0 Å². The molecule has 0 radical (unpaired) electrons. The predicted molar refractivity (Wildman–Crippen MR) is 71.3 cm³/mol. The van der Waals surface area contributed by atoms with Crippen LogP contribution in [0.1, 0.15) is 20.7 Å². The number of hydrogen-bond acceptors (Lipinski definition) is 4. The second-order valence-corrected chi connectivity index (χ2v) is 4.54. The predicted octanol–water partition coefficient (Wildman–Crippen LogP) is 2.38. The minimum absolute atomic E-state index is 0.136. The van der Waals surface area contributed by atoms with E-state index in [4.69, 9.17) is 0 Å². The maximum Gasteiger partial charge on any atom is 0.336 e. The number of Topliss-reactive ketones (excluding diaryl/α,β-unsaturated/α-hetero) is 2. The van der Waals surface area contributed by atoms with E-state index in [0.717, 1.165) is 11.1 Å². The van der Waals surface area contributed by atoms with Gasteiger partial charge in [-0.05, 0) is 23.3 Å². The molecule has 1 unspecified atom stereocenters. The highest BCUT2D eigenvalue weighted by Gasteiger charge is 2.47. The maximum absolute atomic E-state index is 12.0. The molecule has 1 atom stereocenters. The number of benzene rings is 2. The normalized spacial score (nSPS) is 17.1. The van der Waals surface area contributed by atoms with E-state index in [0.29, 0.717) is 0 Å². The Hall–Kier alpha value is -2.82. The zero-order valence-electron chi connectivity index (χ0n) is 10.3. The molecule has 1 aliphatic rings. The molecule has 0 aliphatic heterocycles. The first-order valence-electron chi connectivity index (χ1n) is 6.01. The fraction of sp³-hybridized carbons (Fsp3) is 0.0667. The lowest BCUT2D eigenvalue weighted by atomic mass is 10.0. The second kappa shape index (κ2) is 4.38. The summed E-state index contributed by atoms with van der Waals surface area (Å²) < 4.78 is 0. The third-order valence-corrected chi connectivity index (χ3v) is 3.37. The van der Waals surface area contributed by atoms with E-state index in [2.05, 4.69) is 0 Å². The fourth-order valence-electron chi connectivity index (χ4n) is 2.38. The monoisotopic (exact) mass is 267 g/mol. The number of hydrogen-bond donors (Lipinski definition) is 0. The Morgan fingerprint density at radius 3 is 2.15 bits per heavy atom. The number of carbonyl (C=O) groups excluding carboxylic acids is 2. The Labute approximate surface area is 114 Å². The Kier molecular flexibility index (Phi) is 2.68. The van der Waals surface area contributed by atoms with Gasteiger partial charge in [0.1, 0.15) is 0 Å². The fourth-order valence-corrected chi connectivity index (χ4v) is 2.38. The van der Waals surface area contributed by atoms with E-state index in [1.54, 1.807) is 12.1 Å². The summed E-state index contributed by atoms with van der Waals surface area (Å²) in [5.74, 6) is -1.46. The number of fused-ring (bicyclic) bond motifs is 1. The van der Waals surface area contributed by atoms with Gasteiger partial charge in [-0.2, -0.15) is 0 Å². The van der Waals surface area contributed by atoms with Gasteiger partial charge in [0.05, 0.1) is 0 Å². The van der Waals surface area contributed by atoms with E-state index in [9.17, 15) is 19.7 Å². The largest absolute Gasteiger partial charge is 0.336 e. The molecule has 0 saturated carbocycles. The van der Waals surface area contributed by atoms with E-state index < -0.39 is 22.5 Å². The molecule has 5 nitrogen and oxygen atoms in total. The van der Waals surface area contributed by atoms with Crippen molar-refractivity contribution >= 4 is 11.6 Å². The molecule has 0 N–H and O–H groups in total. The smallest absolute Gasteiger partial charge is 0.286 e.